The van der Waals surface area contributed by atoms with Crippen molar-refractivity contribution >= 4 is 17.9 Å². The Balaban J connectivity index is 2.20. The number of aliphatic hydroxyl groups excluding tert-OH is 1. The molecule has 0 aliphatic rings. The number of amides is 3. The number of rotatable bonds is 8. The Morgan fingerprint density at radius 3 is 2.46 bits per heavy atom. The predicted octanol–water partition coefficient (Wildman–Crippen LogP) is -1.08. The number of carbonyl (C=O) groups excluding carboxylic acids is 2. The third kappa shape index (κ3) is 5.03. The summed E-state index contributed by atoms with van der Waals surface area (Å²) in [7, 11) is 0. The van der Waals surface area contributed by atoms with E-state index in [-0.39, 0.29) is 18.3 Å². The summed E-state index contributed by atoms with van der Waals surface area (Å²) in [5, 5.41) is 34.7. The number of primary amides is 1. The number of hydrogen-bond donors (Lipinski definition) is 5. The summed E-state index contributed by atoms with van der Waals surface area (Å²) < 4.78 is 6.88. The number of nitrogens with one attached hydrogen (secondary N) is 2. The Morgan fingerprint density at radius 1 is 1.29 bits per heavy atom. The Hall–Kier alpha value is -3.48. The number of carbonyl (C=O) groups is 3. The molecule has 2 rings (SSSR count). The van der Waals surface area contributed by atoms with E-state index in [2.05, 4.69) is 25.9 Å². The van der Waals surface area contributed by atoms with Gasteiger partial charge in [0.1, 0.15) is 6.04 Å². The zero-order valence-corrected chi connectivity index (χ0v) is 15.4. The van der Waals surface area contributed by atoms with Gasteiger partial charge in [-0.2, -0.15) is 9.78 Å². The quantitative estimate of drug-likeness (QED) is 0.369. The summed E-state index contributed by atoms with van der Waals surface area (Å²) in [6, 6.07) is -1.82. The maximum absolute atomic E-state index is 12.1. The van der Waals surface area contributed by atoms with Gasteiger partial charge in [-0.1, -0.05) is 5.10 Å². The molecular formula is C15H21N7O6. The number of aromatic nitrogens is 4. The van der Waals surface area contributed by atoms with E-state index in [1.165, 1.54) is 11.6 Å². The van der Waals surface area contributed by atoms with E-state index in [1.807, 2.05) is 0 Å². The first kappa shape index (κ1) is 20.8. The van der Waals surface area contributed by atoms with Crippen molar-refractivity contribution in [2.24, 2.45) is 5.73 Å². The summed E-state index contributed by atoms with van der Waals surface area (Å²) >= 11 is 0. The van der Waals surface area contributed by atoms with Gasteiger partial charge < -0.3 is 31.0 Å². The number of carboxylic acid groups (broad SMARTS) is 1. The molecule has 13 nitrogen and oxygen atoms in total. The van der Waals surface area contributed by atoms with Crippen LogP contribution in [0.15, 0.2) is 10.5 Å². The minimum absolute atomic E-state index is 0.0182. The van der Waals surface area contributed by atoms with Crippen molar-refractivity contribution in [2.45, 2.75) is 45.4 Å². The van der Waals surface area contributed by atoms with Gasteiger partial charge in [-0.05, 0) is 26.8 Å². The van der Waals surface area contributed by atoms with Crippen LogP contribution in [-0.2, 0) is 9.59 Å². The molecule has 6 N–H and O–H groups in total. The van der Waals surface area contributed by atoms with E-state index in [0.29, 0.717) is 0 Å². The van der Waals surface area contributed by atoms with Crippen LogP contribution in [0.25, 0.3) is 6.01 Å². The van der Waals surface area contributed by atoms with Gasteiger partial charge in [-0.15, -0.1) is 5.10 Å². The summed E-state index contributed by atoms with van der Waals surface area (Å²) in [4.78, 5) is 34.5. The first-order chi connectivity index (χ1) is 13.1. The number of urea groups is 1. The number of nitrogens with two attached hydrogens (primary N) is 1. The topological polar surface area (TPSA) is 198 Å². The van der Waals surface area contributed by atoms with Crippen LogP contribution in [0.3, 0.4) is 0 Å². The molecule has 0 radical (unpaired) electrons. The van der Waals surface area contributed by atoms with Crippen LogP contribution in [0.5, 0.6) is 0 Å². The monoisotopic (exact) mass is 395 g/mol. The zero-order chi connectivity index (χ0) is 21.0. The molecule has 0 bridgehead atoms. The van der Waals surface area contributed by atoms with Crippen LogP contribution in [0, 0.1) is 13.8 Å². The van der Waals surface area contributed by atoms with Crippen molar-refractivity contribution in [3.05, 3.63) is 23.3 Å². The van der Waals surface area contributed by atoms with E-state index in [9.17, 15) is 19.5 Å². The highest BCUT2D eigenvalue weighted by atomic mass is 16.4. The fraction of sp³-hybridized carbons (Fsp3) is 0.467. The second-order valence-electron chi connectivity index (χ2n) is 6.16. The maximum Gasteiger partial charge on any atom is 0.343 e. The van der Waals surface area contributed by atoms with Crippen LogP contribution in [0.1, 0.15) is 36.7 Å². The summed E-state index contributed by atoms with van der Waals surface area (Å²) in [6.45, 7) is 4.76. The van der Waals surface area contributed by atoms with Crippen molar-refractivity contribution in [1.82, 2.24) is 30.6 Å². The Labute approximate surface area is 158 Å². The van der Waals surface area contributed by atoms with Gasteiger partial charge in [0.25, 0.3) is 0 Å². The number of carboxylic acids is 1. The fourth-order valence-corrected chi connectivity index (χ4v) is 2.41. The van der Waals surface area contributed by atoms with Crippen LogP contribution in [-0.4, -0.2) is 60.2 Å². The third-order valence-corrected chi connectivity index (χ3v) is 3.66. The van der Waals surface area contributed by atoms with Crippen molar-refractivity contribution in [3.63, 3.8) is 0 Å². The highest BCUT2D eigenvalue weighted by molar-refractivity contribution is 5.83. The lowest BCUT2D eigenvalue weighted by atomic mass is 10.2. The van der Waals surface area contributed by atoms with Gasteiger partial charge in [0.15, 0.2) is 6.04 Å². The van der Waals surface area contributed by atoms with Crippen molar-refractivity contribution in [3.8, 4) is 6.01 Å². The van der Waals surface area contributed by atoms with E-state index in [4.69, 9.17) is 15.3 Å². The number of aryl methyl sites for hydroxylation is 2. The highest BCUT2D eigenvalue weighted by Gasteiger charge is 2.28. The third-order valence-electron chi connectivity index (χ3n) is 3.66. The van der Waals surface area contributed by atoms with Gasteiger partial charge in [0.05, 0.1) is 18.2 Å². The summed E-state index contributed by atoms with van der Waals surface area (Å²) in [5.41, 5.74) is 6.65. The molecule has 0 aliphatic carbocycles. The van der Waals surface area contributed by atoms with Gasteiger partial charge in [-0.25, -0.2) is 9.59 Å². The van der Waals surface area contributed by atoms with Crippen molar-refractivity contribution in [1.29, 1.82) is 0 Å². The molecule has 2 unspecified atom stereocenters. The average Bonchev–Trinajstić information content (AvgIpc) is 3.17. The van der Waals surface area contributed by atoms with Gasteiger partial charge in [0, 0.05) is 5.69 Å². The van der Waals surface area contributed by atoms with Gasteiger partial charge >= 0.3 is 18.0 Å². The SMILES string of the molecule is Cc1cc(C)n(-c2nnc([C@H](CC(N)=O)NC(=O)NC(C(=O)O)C(C)O)o2)n1. The molecule has 13 heteroatoms. The van der Waals surface area contributed by atoms with Crippen LogP contribution >= 0.6 is 0 Å². The molecule has 3 atom stereocenters. The van der Waals surface area contributed by atoms with Crippen LogP contribution < -0.4 is 16.4 Å². The molecule has 0 spiro atoms. The van der Waals surface area contributed by atoms with E-state index in [0.717, 1.165) is 11.4 Å². The first-order valence-electron chi connectivity index (χ1n) is 8.21. The van der Waals surface area contributed by atoms with Crippen molar-refractivity contribution < 1.29 is 29.0 Å². The lowest BCUT2D eigenvalue weighted by molar-refractivity contribution is -0.141. The van der Waals surface area contributed by atoms with Crippen LogP contribution in [0.4, 0.5) is 4.79 Å². The molecule has 0 saturated carbocycles. The average molecular weight is 395 g/mol. The van der Waals surface area contributed by atoms with E-state index in [1.54, 1.807) is 19.9 Å². The molecule has 0 fully saturated rings. The summed E-state index contributed by atoms with van der Waals surface area (Å²) in [5.74, 6) is -2.32. The van der Waals surface area contributed by atoms with Gasteiger partial charge in [0.2, 0.25) is 11.8 Å². The van der Waals surface area contributed by atoms with E-state index < -0.39 is 36.1 Å². The molecule has 2 heterocycles. The van der Waals surface area contributed by atoms with E-state index >= 15 is 0 Å². The molecule has 0 aliphatic heterocycles. The molecule has 3 amide bonds. The number of aliphatic carboxylic acids is 1. The normalized spacial score (nSPS) is 14.1. The second-order valence-corrected chi connectivity index (χ2v) is 6.16. The second kappa shape index (κ2) is 8.47. The molecule has 2 aromatic heterocycles. The lowest BCUT2D eigenvalue weighted by Gasteiger charge is -2.19. The molecule has 28 heavy (non-hydrogen) atoms. The molecule has 0 saturated heterocycles. The molecule has 152 valence electrons. The highest BCUT2D eigenvalue weighted by Crippen LogP contribution is 2.18. The number of nitrogens with zero attached hydrogens (tertiary/aromatic N) is 4. The largest absolute Gasteiger partial charge is 0.480 e. The summed E-state index contributed by atoms with van der Waals surface area (Å²) in [6.07, 6.45) is -1.72. The molecular weight excluding hydrogens is 374 g/mol. The number of hydrogen-bond acceptors (Lipinski definition) is 8. The minimum atomic E-state index is -1.55. The smallest absolute Gasteiger partial charge is 0.343 e. The predicted molar refractivity (Wildman–Crippen MR) is 92.2 cm³/mol. The molecule has 2 aromatic rings. The Morgan fingerprint density at radius 2 is 1.96 bits per heavy atom. The zero-order valence-electron chi connectivity index (χ0n) is 15.4. The Bertz CT molecular complexity index is 874. The lowest BCUT2D eigenvalue weighted by Crippen LogP contribution is -2.52. The minimum Gasteiger partial charge on any atom is -0.480 e. The molecule has 0 aromatic carbocycles. The fourth-order valence-electron chi connectivity index (χ4n) is 2.41. The first-order valence-corrected chi connectivity index (χ1v) is 8.21. The standard InChI is InChI=1S/C15H21N7O6/c1-6-4-7(2)22(21-6)15-20-19-12(28-15)9(5-10(16)24)17-14(27)18-11(8(3)23)13(25)26/h4,8-9,11,23H,5H2,1-3H3,(H2,16,24)(H,25,26)(H2,17,18,27)/t8?,9-,11?/m0/s1. The Kier molecular flexibility index (Phi) is 6.30. The number of aliphatic hydroxyl groups is 1. The van der Waals surface area contributed by atoms with Gasteiger partial charge in [-0.3, -0.25) is 4.79 Å². The maximum atomic E-state index is 12.1. The van der Waals surface area contributed by atoms with Crippen molar-refractivity contribution in [2.75, 3.05) is 0 Å². The van der Waals surface area contributed by atoms with Crippen LogP contribution in [0.2, 0.25) is 0 Å².